The van der Waals surface area contributed by atoms with Crippen LogP contribution in [0.5, 0.6) is 0 Å². The molecule has 0 aliphatic rings. The molecule has 0 fully saturated rings. The van der Waals surface area contributed by atoms with Crippen molar-refractivity contribution in [2.45, 2.75) is 52.0 Å². The third kappa shape index (κ3) is 6.39. The Morgan fingerprint density at radius 1 is 1.26 bits per heavy atom. The fraction of sp³-hybridized carbons (Fsp3) is 0.562. The molecule has 1 aromatic rings. The van der Waals surface area contributed by atoms with Crippen molar-refractivity contribution in [1.82, 2.24) is 5.32 Å². The quantitative estimate of drug-likeness (QED) is 0.670. The van der Waals surface area contributed by atoms with Gasteiger partial charge in [0.1, 0.15) is 0 Å². The van der Waals surface area contributed by atoms with Crippen LogP contribution in [0.2, 0.25) is 0 Å². The Morgan fingerprint density at radius 2 is 1.95 bits per heavy atom. The van der Waals surface area contributed by atoms with Gasteiger partial charge in [-0.2, -0.15) is 0 Å². The van der Waals surface area contributed by atoms with Gasteiger partial charge in [0.2, 0.25) is 0 Å². The van der Waals surface area contributed by atoms with Gasteiger partial charge in [-0.25, -0.2) is 0 Å². The van der Waals surface area contributed by atoms with Crippen LogP contribution in [0.3, 0.4) is 0 Å². The molecular weight excluding hydrogens is 238 g/mol. The minimum Gasteiger partial charge on any atom is -0.481 e. The molecule has 1 rings (SSSR count). The first-order chi connectivity index (χ1) is 9.13. The van der Waals surface area contributed by atoms with E-state index in [4.69, 9.17) is 5.11 Å². The fourth-order valence-corrected chi connectivity index (χ4v) is 1.96. The standard InChI is InChI=1S/C16H25NO2/c1-3-13(2)15-9-7-14(8-10-15)12-17-11-5-4-6-16(18)19/h7-10,13,17H,3-6,11-12H2,1-2H3,(H,18,19). The molecule has 1 atom stereocenters. The van der Waals surface area contributed by atoms with Crippen LogP contribution in [0.1, 0.15) is 56.6 Å². The van der Waals surface area contributed by atoms with E-state index in [1.54, 1.807) is 0 Å². The molecule has 0 radical (unpaired) electrons. The Kier molecular flexibility index (Phi) is 7.19. The van der Waals surface area contributed by atoms with E-state index in [1.165, 1.54) is 17.5 Å². The Hall–Kier alpha value is -1.35. The highest BCUT2D eigenvalue weighted by Crippen LogP contribution is 2.18. The second-order valence-corrected chi connectivity index (χ2v) is 5.08. The summed E-state index contributed by atoms with van der Waals surface area (Å²) in [4.78, 5) is 10.3. The van der Waals surface area contributed by atoms with Crippen molar-refractivity contribution in [2.24, 2.45) is 0 Å². The Labute approximate surface area is 116 Å². The van der Waals surface area contributed by atoms with E-state index in [9.17, 15) is 4.79 Å². The third-order valence-electron chi connectivity index (χ3n) is 3.48. The Morgan fingerprint density at radius 3 is 2.53 bits per heavy atom. The lowest BCUT2D eigenvalue weighted by molar-refractivity contribution is -0.137. The van der Waals surface area contributed by atoms with Crippen LogP contribution in [-0.2, 0) is 11.3 Å². The van der Waals surface area contributed by atoms with Crippen molar-refractivity contribution in [3.05, 3.63) is 35.4 Å². The van der Waals surface area contributed by atoms with Crippen molar-refractivity contribution < 1.29 is 9.90 Å². The first kappa shape index (κ1) is 15.7. The van der Waals surface area contributed by atoms with Gasteiger partial charge in [0, 0.05) is 13.0 Å². The normalized spacial score (nSPS) is 12.3. The number of aliphatic carboxylic acids is 1. The number of rotatable bonds is 9. The first-order valence-electron chi connectivity index (χ1n) is 7.14. The van der Waals surface area contributed by atoms with Gasteiger partial charge in [-0.3, -0.25) is 4.79 Å². The number of benzene rings is 1. The minimum absolute atomic E-state index is 0.269. The molecule has 2 N–H and O–H groups in total. The second-order valence-electron chi connectivity index (χ2n) is 5.08. The van der Waals surface area contributed by atoms with E-state index in [-0.39, 0.29) is 6.42 Å². The van der Waals surface area contributed by atoms with Gasteiger partial charge >= 0.3 is 5.97 Å². The van der Waals surface area contributed by atoms with Gasteiger partial charge in [-0.15, -0.1) is 0 Å². The summed E-state index contributed by atoms with van der Waals surface area (Å²) < 4.78 is 0. The molecular formula is C16H25NO2. The summed E-state index contributed by atoms with van der Waals surface area (Å²) in [5.41, 5.74) is 2.68. The molecule has 3 heteroatoms. The number of hydrogen-bond donors (Lipinski definition) is 2. The van der Waals surface area contributed by atoms with Crippen LogP contribution in [0.25, 0.3) is 0 Å². The maximum atomic E-state index is 10.3. The zero-order valence-corrected chi connectivity index (χ0v) is 12.0. The van der Waals surface area contributed by atoms with Crippen molar-refractivity contribution >= 4 is 5.97 Å². The number of carboxylic acid groups (broad SMARTS) is 1. The van der Waals surface area contributed by atoms with Gasteiger partial charge < -0.3 is 10.4 Å². The molecule has 0 saturated carbocycles. The summed E-state index contributed by atoms with van der Waals surface area (Å²) >= 11 is 0. The number of nitrogens with one attached hydrogen (secondary N) is 1. The number of carboxylic acids is 1. The molecule has 0 saturated heterocycles. The Bertz CT molecular complexity index is 373. The molecule has 0 bridgehead atoms. The van der Waals surface area contributed by atoms with Crippen LogP contribution < -0.4 is 5.32 Å². The molecule has 0 aromatic heterocycles. The molecule has 0 heterocycles. The molecule has 0 amide bonds. The highest BCUT2D eigenvalue weighted by atomic mass is 16.4. The molecule has 1 aromatic carbocycles. The SMILES string of the molecule is CCC(C)c1ccc(CNCCCCC(=O)O)cc1. The monoisotopic (exact) mass is 263 g/mol. The van der Waals surface area contributed by atoms with Crippen molar-refractivity contribution in [3.8, 4) is 0 Å². The average molecular weight is 263 g/mol. The number of unbranched alkanes of at least 4 members (excludes halogenated alkanes) is 1. The van der Waals surface area contributed by atoms with Crippen molar-refractivity contribution in [2.75, 3.05) is 6.54 Å². The highest BCUT2D eigenvalue weighted by Gasteiger charge is 2.02. The highest BCUT2D eigenvalue weighted by molar-refractivity contribution is 5.66. The lowest BCUT2D eigenvalue weighted by Gasteiger charge is -2.10. The topological polar surface area (TPSA) is 49.3 Å². The zero-order valence-electron chi connectivity index (χ0n) is 12.0. The molecule has 0 aliphatic heterocycles. The summed E-state index contributed by atoms with van der Waals surface area (Å²) in [5, 5.41) is 11.9. The van der Waals surface area contributed by atoms with Gasteiger partial charge in [-0.05, 0) is 42.9 Å². The van der Waals surface area contributed by atoms with Crippen LogP contribution >= 0.6 is 0 Å². The second kappa shape index (κ2) is 8.70. The van der Waals surface area contributed by atoms with E-state index in [2.05, 4.69) is 43.4 Å². The van der Waals surface area contributed by atoms with Crippen LogP contribution in [0.15, 0.2) is 24.3 Å². The molecule has 1 unspecified atom stereocenters. The predicted molar refractivity (Wildman–Crippen MR) is 78.3 cm³/mol. The van der Waals surface area contributed by atoms with Crippen molar-refractivity contribution in [3.63, 3.8) is 0 Å². The zero-order chi connectivity index (χ0) is 14.1. The fourth-order valence-electron chi connectivity index (χ4n) is 1.96. The Balaban J connectivity index is 2.21. The summed E-state index contributed by atoms with van der Waals surface area (Å²) in [6.45, 7) is 6.18. The van der Waals surface area contributed by atoms with Gasteiger partial charge in [0.25, 0.3) is 0 Å². The van der Waals surface area contributed by atoms with E-state index < -0.39 is 5.97 Å². The number of hydrogen-bond acceptors (Lipinski definition) is 2. The summed E-state index contributed by atoms with van der Waals surface area (Å²) in [5.74, 6) is -0.0846. The molecule has 0 spiro atoms. The largest absolute Gasteiger partial charge is 0.481 e. The van der Waals surface area contributed by atoms with E-state index in [0.717, 1.165) is 25.9 Å². The molecule has 0 aliphatic carbocycles. The molecule has 106 valence electrons. The van der Waals surface area contributed by atoms with Crippen LogP contribution in [0.4, 0.5) is 0 Å². The molecule has 3 nitrogen and oxygen atoms in total. The maximum absolute atomic E-state index is 10.3. The lowest BCUT2D eigenvalue weighted by atomic mass is 9.98. The predicted octanol–water partition coefficient (Wildman–Crippen LogP) is 3.54. The van der Waals surface area contributed by atoms with Crippen molar-refractivity contribution in [1.29, 1.82) is 0 Å². The summed E-state index contributed by atoms with van der Waals surface area (Å²) in [6, 6.07) is 8.75. The third-order valence-corrected chi connectivity index (χ3v) is 3.48. The van der Waals surface area contributed by atoms with E-state index in [0.29, 0.717) is 5.92 Å². The number of carbonyl (C=O) groups is 1. The van der Waals surface area contributed by atoms with Gasteiger partial charge in [0.05, 0.1) is 0 Å². The molecule has 19 heavy (non-hydrogen) atoms. The average Bonchev–Trinajstić information content (AvgIpc) is 2.42. The van der Waals surface area contributed by atoms with Gasteiger partial charge in [-0.1, -0.05) is 38.1 Å². The first-order valence-corrected chi connectivity index (χ1v) is 7.14. The minimum atomic E-state index is -0.708. The van der Waals surface area contributed by atoms with Gasteiger partial charge in [0.15, 0.2) is 0 Å². The van der Waals surface area contributed by atoms with Crippen LogP contribution in [0, 0.1) is 0 Å². The summed E-state index contributed by atoms with van der Waals surface area (Å²) in [7, 11) is 0. The van der Waals surface area contributed by atoms with E-state index in [1.807, 2.05) is 0 Å². The van der Waals surface area contributed by atoms with E-state index >= 15 is 0 Å². The summed E-state index contributed by atoms with van der Waals surface area (Å²) in [6.07, 6.45) is 3.10. The van der Waals surface area contributed by atoms with Crippen LogP contribution in [-0.4, -0.2) is 17.6 Å². The smallest absolute Gasteiger partial charge is 0.303 e. The lowest BCUT2D eigenvalue weighted by Crippen LogP contribution is -2.15. The maximum Gasteiger partial charge on any atom is 0.303 e.